The van der Waals surface area contributed by atoms with Gasteiger partial charge in [-0.2, -0.15) is 0 Å². The summed E-state index contributed by atoms with van der Waals surface area (Å²) < 4.78 is 5.40. The normalized spacial score (nSPS) is 9.86. The smallest absolute Gasteiger partial charge is 0.170 e. The molecule has 0 aromatic heterocycles. The van der Waals surface area contributed by atoms with Crippen LogP contribution < -0.4 is 4.74 Å². The molecule has 0 bridgehead atoms. The molecule has 0 heterocycles. The molecule has 0 aliphatic heterocycles. The van der Waals surface area contributed by atoms with E-state index in [0.717, 1.165) is 17.7 Å². The summed E-state index contributed by atoms with van der Waals surface area (Å²) >= 11 is 0. The first kappa shape index (κ1) is 10.8. The third-order valence-electron chi connectivity index (χ3n) is 2.01. The molecule has 0 spiro atoms. The monoisotopic (exact) mass is 192 g/mol. The zero-order valence-corrected chi connectivity index (χ0v) is 8.75. The van der Waals surface area contributed by atoms with Crippen molar-refractivity contribution < 1.29 is 9.53 Å². The van der Waals surface area contributed by atoms with Gasteiger partial charge < -0.3 is 4.74 Å². The van der Waals surface area contributed by atoms with E-state index in [4.69, 9.17) is 4.74 Å². The Morgan fingerprint density at radius 1 is 1.36 bits per heavy atom. The highest BCUT2D eigenvalue weighted by Gasteiger charge is 2.02. The van der Waals surface area contributed by atoms with Crippen LogP contribution in [-0.4, -0.2) is 12.4 Å². The highest BCUT2D eigenvalue weighted by Crippen LogP contribution is 2.15. The second-order valence-electron chi connectivity index (χ2n) is 3.34. The van der Waals surface area contributed by atoms with E-state index in [0.29, 0.717) is 6.42 Å². The average Bonchev–Trinajstić information content (AvgIpc) is 2.17. The van der Waals surface area contributed by atoms with Crippen LogP contribution in [0.5, 0.6) is 5.75 Å². The van der Waals surface area contributed by atoms with Crippen LogP contribution in [0, 0.1) is 6.92 Å². The average molecular weight is 192 g/mol. The highest BCUT2D eigenvalue weighted by atomic mass is 16.5. The Balaban J connectivity index is 2.46. The van der Waals surface area contributed by atoms with E-state index in [1.54, 1.807) is 0 Å². The van der Waals surface area contributed by atoms with Gasteiger partial charge in [0, 0.05) is 6.42 Å². The Hall–Kier alpha value is -1.31. The van der Waals surface area contributed by atoms with Crippen molar-refractivity contribution in [2.75, 3.05) is 6.61 Å². The number of para-hydroxylation sites is 1. The van der Waals surface area contributed by atoms with Crippen molar-refractivity contribution >= 4 is 5.78 Å². The molecule has 2 heteroatoms. The lowest BCUT2D eigenvalue weighted by molar-refractivity contribution is -0.121. The van der Waals surface area contributed by atoms with E-state index < -0.39 is 0 Å². The van der Waals surface area contributed by atoms with Crippen LogP contribution in [0.1, 0.15) is 25.3 Å². The fourth-order valence-electron chi connectivity index (χ4n) is 1.23. The van der Waals surface area contributed by atoms with Gasteiger partial charge in [-0.3, -0.25) is 4.79 Å². The molecule has 0 radical (unpaired) electrons. The van der Waals surface area contributed by atoms with Crippen LogP contribution in [0.4, 0.5) is 0 Å². The predicted octanol–water partition coefficient (Wildman–Crippen LogP) is 2.74. The summed E-state index contributed by atoms with van der Waals surface area (Å²) in [5, 5.41) is 0. The molecule has 14 heavy (non-hydrogen) atoms. The van der Waals surface area contributed by atoms with E-state index in [1.807, 2.05) is 38.1 Å². The van der Waals surface area contributed by atoms with Gasteiger partial charge in [-0.05, 0) is 25.0 Å². The van der Waals surface area contributed by atoms with Gasteiger partial charge >= 0.3 is 0 Å². The summed E-state index contributed by atoms with van der Waals surface area (Å²) in [7, 11) is 0. The van der Waals surface area contributed by atoms with Crippen LogP contribution in [0.15, 0.2) is 24.3 Å². The molecular weight excluding hydrogens is 176 g/mol. The first-order chi connectivity index (χ1) is 6.74. The van der Waals surface area contributed by atoms with Crippen molar-refractivity contribution in [2.45, 2.75) is 26.7 Å². The van der Waals surface area contributed by atoms with Gasteiger partial charge in [0.25, 0.3) is 0 Å². The Morgan fingerprint density at radius 3 is 2.71 bits per heavy atom. The largest absolute Gasteiger partial charge is 0.486 e. The lowest BCUT2D eigenvalue weighted by Crippen LogP contribution is -2.10. The Kier molecular flexibility index (Phi) is 4.17. The van der Waals surface area contributed by atoms with E-state index in [9.17, 15) is 4.79 Å². The molecule has 0 saturated carbocycles. The molecule has 0 aliphatic carbocycles. The number of hydrogen-bond acceptors (Lipinski definition) is 2. The number of ether oxygens (including phenoxy) is 1. The minimum absolute atomic E-state index is 0.163. The third-order valence-corrected chi connectivity index (χ3v) is 2.01. The molecule has 1 rings (SSSR count). The molecular formula is C12H16O2. The number of rotatable bonds is 5. The maximum atomic E-state index is 11.2. The van der Waals surface area contributed by atoms with E-state index in [1.165, 1.54) is 0 Å². The second kappa shape index (κ2) is 5.43. The van der Waals surface area contributed by atoms with Gasteiger partial charge in [0.2, 0.25) is 0 Å². The summed E-state index contributed by atoms with van der Waals surface area (Å²) in [6, 6.07) is 7.72. The van der Waals surface area contributed by atoms with Gasteiger partial charge in [0.1, 0.15) is 12.4 Å². The molecule has 0 N–H and O–H groups in total. The van der Waals surface area contributed by atoms with Crippen molar-refractivity contribution in [1.82, 2.24) is 0 Å². The van der Waals surface area contributed by atoms with Gasteiger partial charge in [-0.15, -0.1) is 0 Å². The summed E-state index contributed by atoms with van der Waals surface area (Å²) in [5.74, 6) is 0.965. The van der Waals surface area contributed by atoms with Gasteiger partial charge in [-0.1, -0.05) is 25.1 Å². The minimum Gasteiger partial charge on any atom is -0.486 e. The zero-order chi connectivity index (χ0) is 10.4. The fourth-order valence-corrected chi connectivity index (χ4v) is 1.23. The molecule has 2 nitrogen and oxygen atoms in total. The van der Waals surface area contributed by atoms with Crippen LogP contribution >= 0.6 is 0 Å². The first-order valence-corrected chi connectivity index (χ1v) is 4.94. The lowest BCUT2D eigenvalue weighted by Gasteiger charge is -2.07. The molecule has 0 amide bonds. The van der Waals surface area contributed by atoms with Crippen molar-refractivity contribution in [3.8, 4) is 5.75 Å². The van der Waals surface area contributed by atoms with Crippen LogP contribution in [0.25, 0.3) is 0 Å². The fraction of sp³-hybridized carbons (Fsp3) is 0.417. The van der Waals surface area contributed by atoms with Crippen molar-refractivity contribution in [3.63, 3.8) is 0 Å². The maximum Gasteiger partial charge on any atom is 0.170 e. The molecule has 0 saturated heterocycles. The molecule has 0 unspecified atom stereocenters. The third kappa shape index (κ3) is 3.21. The summed E-state index contributed by atoms with van der Waals surface area (Å²) in [4.78, 5) is 11.2. The van der Waals surface area contributed by atoms with E-state index in [-0.39, 0.29) is 12.4 Å². The Labute approximate surface area is 84.9 Å². The van der Waals surface area contributed by atoms with Crippen molar-refractivity contribution in [2.24, 2.45) is 0 Å². The predicted molar refractivity (Wildman–Crippen MR) is 56.6 cm³/mol. The molecule has 1 aromatic rings. The Bertz CT molecular complexity index is 305. The SMILES string of the molecule is CCCC(=O)COc1ccccc1C. The number of Topliss-reactive ketones (excluding diaryl/α,β-unsaturated/α-hetero) is 1. The number of carbonyl (C=O) groups is 1. The summed E-state index contributed by atoms with van der Waals surface area (Å²) in [5.41, 5.74) is 1.07. The standard InChI is InChI=1S/C12H16O2/c1-3-6-11(13)9-14-12-8-5-4-7-10(12)2/h4-5,7-8H,3,6,9H2,1-2H3. The van der Waals surface area contributed by atoms with Crippen LogP contribution in [-0.2, 0) is 4.79 Å². The molecule has 76 valence electrons. The number of benzene rings is 1. The molecule has 1 aromatic carbocycles. The quantitative estimate of drug-likeness (QED) is 0.717. The highest BCUT2D eigenvalue weighted by molar-refractivity contribution is 5.79. The van der Waals surface area contributed by atoms with E-state index >= 15 is 0 Å². The molecule has 0 fully saturated rings. The topological polar surface area (TPSA) is 26.3 Å². The van der Waals surface area contributed by atoms with Gasteiger partial charge in [0.05, 0.1) is 0 Å². The van der Waals surface area contributed by atoms with Crippen molar-refractivity contribution in [3.05, 3.63) is 29.8 Å². The second-order valence-corrected chi connectivity index (χ2v) is 3.34. The molecule has 0 aliphatic rings. The van der Waals surface area contributed by atoms with Crippen LogP contribution in [0.2, 0.25) is 0 Å². The van der Waals surface area contributed by atoms with Crippen LogP contribution in [0.3, 0.4) is 0 Å². The lowest BCUT2D eigenvalue weighted by atomic mass is 10.2. The summed E-state index contributed by atoms with van der Waals surface area (Å²) in [6.45, 7) is 4.16. The first-order valence-electron chi connectivity index (χ1n) is 4.94. The minimum atomic E-state index is 0.163. The number of carbonyl (C=O) groups excluding carboxylic acids is 1. The number of aryl methyl sites for hydroxylation is 1. The van der Waals surface area contributed by atoms with Crippen molar-refractivity contribution in [1.29, 1.82) is 0 Å². The zero-order valence-electron chi connectivity index (χ0n) is 8.75. The van der Waals surface area contributed by atoms with Gasteiger partial charge in [0.15, 0.2) is 5.78 Å². The Morgan fingerprint density at radius 2 is 2.07 bits per heavy atom. The van der Waals surface area contributed by atoms with Gasteiger partial charge in [-0.25, -0.2) is 0 Å². The molecule has 0 atom stereocenters. The summed E-state index contributed by atoms with van der Waals surface area (Å²) in [6.07, 6.45) is 1.49. The number of ketones is 1. The van der Waals surface area contributed by atoms with E-state index in [2.05, 4.69) is 0 Å². The maximum absolute atomic E-state index is 11.2. The number of hydrogen-bond donors (Lipinski definition) is 0.